The van der Waals surface area contributed by atoms with Gasteiger partial charge in [0.1, 0.15) is 11.4 Å². The van der Waals surface area contributed by atoms with Gasteiger partial charge in [0, 0.05) is 17.3 Å². The standard InChI is InChI=1S/C14H19N3O/c1-10(15-3)12-9-16-17(11(12)2)13-7-5-6-8-14(13)18-4/h5-10,15H,1-4H3. The number of hydrogen-bond donors (Lipinski definition) is 1. The summed E-state index contributed by atoms with van der Waals surface area (Å²) in [6, 6.07) is 8.18. The predicted molar refractivity (Wildman–Crippen MR) is 72.3 cm³/mol. The molecule has 0 radical (unpaired) electrons. The van der Waals surface area contributed by atoms with E-state index < -0.39 is 0 Å². The van der Waals surface area contributed by atoms with Gasteiger partial charge in [-0.05, 0) is 33.0 Å². The third kappa shape index (κ3) is 2.11. The molecule has 0 bridgehead atoms. The average molecular weight is 245 g/mol. The number of aromatic nitrogens is 2. The third-order valence-corrected chi connectivity index (χ3v) is 3.26. The summed E-state index contributed by atoms with van der Waals surface area (Å²) in [5.74, 6) is 0.826. The number of methoxy groups -OCH3 is 1. The smallest absolute Gasteiger partial charge is 0.144 e. The van der Waals surface area contributed by atoms with Crippen LogP contribution in [0, 0.1) is 6.92 Å². The number of ether oxygens (including phenoxy) is 1. The van der Waals surface area contributed by atoms with Crippen LogP contribution in [0.3, 0.4) is 0 Å². The van der Waals surface area contributed by atoms with E-state index in [2.05, 4.69) is 24.3 Å². The van der Waals surface area contributed by atoms with Crippen molar-refractivity contribution in [3.63, 3.8) is 0 Å². The van der Waals surface area contributed by atoms with Crippen LogP contribution in [0.2, 0.25) is 0 Å². The van der Waals surface area contributed by atoms with Crippen LogP contribution in [0.5, 0.6) is 5.75 Å². The Balaban J connectivity index is 2.49. The summed E-state index contributed by atoms with van der Waals surface area (Å²) >= 11 is 0. The van der Waals surface area contributed by atoms with Gasteiger partial charge in [0.2, 0.25) is 0 Å². The fourth-order valence-electron chi connectivity index (χ4n) is 2.05. The normalized spacial score (nSPS) is 12.4. The monoisotopic (exact) mass is 245 g/mol. The highest BCUT2D eigenvalue weighted by Crippen LogP contribution is 2.25. The Morgan fingerprint density at radius 1 is 1.33 bits per heavy atom. The van der Waals surface area contributed by atoms with Crippen molar-refractivity contribution < 1.29 is 4.74 Å². The number of nitrogens with one attached hydrogen (secondary N) is 1. The summed E-state index contributed by atoms with van der Waals surface area (Å²) in [5, 5.41) is 7.69. The highest BCUT2D eigenvalue weighted by molar-refractivity contribution is 5.47. The van der Waals surface area contributed by atoms with E-state index >= 15 is 0 Å². The van der Waals surface area contributed by atoms with Gasteiger partial charge in [0.05, 0.1) is 13.3 Å². The molecule has 1 heterocycles. The second kappa shape index (κ2) is 5.23. The quantitative estimate of drug-likeness (QED) is 0.899. The van der Waals surface area contributed by atoms with Gasteiger partial charge in [0.15, 0.2) is 0 Å². The van der Waals surface area contributed by atoms with Crippen molar-refractivity contribution in [1.29, 1.82) is 0 Å². The van der Waals surface area contributed by atoms with Gasteiger partial charge in [-0.3, -0.25) is 0 Å². The van der Waals surface area contributed by atoms with E-state index in [9.17, 15) is 0 Å². The molecule has 0 saturated carbocycles. The lowest BCUT2D eigenvalue weighted by molar-refractivity contribution is 0.411. The Bertz CT molecular complexity index is 534. The van der Waals surface area contributed by atoms with Crippen molar-refractivity contribution in [2.75, 3.05) is 14.2 Å². The van der Waals surface area contributed by atoms with Crippen LogP contribution in [0.25, 0.3) is 5.69 Å². The molecule has 2 aromatic rings. The molecule has 0 aliphatic rings. The molecule has 0 aliphatic carbocycles. The number of benzene rings is 1. The van der Waals surface area contributed by atoms with E-state index in [-0.39, 0.29) is 6.04 Å². The summed E-state index contributed by atoms with van der Waals surface area (Å²) in [4.78, 5) is 0. The average Bonchev–Trinajstić information content (AvgIpc) is 2.79. The SMILES string of the molecule is CNC(C)c1cnn(-c2ccccc2OC)c1C. The first kappa shape index (κ1) is 12.6. The Morgan fingerprint density at radius 2 is 2.06 bits per heavy atom. The third-order valence-electron chi connectivity index (χ3n) is 3.26. The van der Waals surface area contributed by atoms with Crippen LogP contribution in [0.4, 0.5) is 0 Å². The molecule has 2 rings (SSSR count). The molecule has 1 unspecified atom stereocenters. The largest absolute Gasteiger partial charge is 0.494 e. The Kier molecular flexibility index (Phi) is 3.67. The molecule has 4 nitrogen and oxygen atoms in total. The first-order chi connectivity index (χ1) is 8.69. The molecule has 96 valence electrons. The second-order valence-corrected chi connectivity index (χ2v) is 4.28. The molecule has 0 amide bonds. The molecule has 0 fully saturated rings. The molecule has 1 atom stereocenters. The van der Waals surface area contributed by atoms with Crippen molar-refractivity contribution in [3.05, 3.63) is 41.7 Å². The Hall–Kier alpha value is -1.81. The van der Waals surface area contributed by atoms with Gasteiger partial charge in [-0.2, -0.15) is 5.10 Å². The molecule has 18 heavy (non-hydrogen) atoms. The zero-order valence-corrected chi connectivity index (χ0v) is 11.3. The number of hydrogen-bond acceptors (Lipinski definition) is 3. The van der Waals surface area contributed by atoms with Crippen molar-refractivity contribution in [3.8, 4) is 11.4 Å². The first-order valence-electron chi connectivity index (χ1n) is 6.04. The van der Waals surface area contributed by atoms with Crippen molar-refractivity contribution >= 4 is 0 Å². The van der Waals surface area contributed by atoms with Crippen LogP contribution in [-0.2, 0) is 0 Å². The van der Waals surface area contributed by atoms with E-state index in [0.717, 1.165) is 17.1 Å². The van der Waals surface area contributed by atoms with E-state index in [4.69, 9.17) is 4.74 Å². The minimum absolute atomic E-state index is 0.286. The highest BCUT2D eigenvalue weighted by atomic mass is 16.5. The Labute approximate surface area is 108 Å². The van der Waals surface area contributed by atoms with E-state index in [0.29, 0.717) is 0 Å². The van der Waals surface area contributed by atoms with Crippen LogP contribution >= 0.6 is 0 Å². The van der Waals surface area contributed by atoms with E-state index in [1.165, 1.54) is 5.56 Å². The van der Waals surface area contributed by atoms with E-state index in [1.54, 1.807) is 7.11 Å². The summed E-state index contributed by atoms with van der Waals surface area (Å²) in [6.45, 7) is 4.19. The van der Waals surface area contributed by atoms with Crippen LogP contribution in [-0.4, -0.2) is 23.9 Å². The molecule has 1 aromatic carbocycles. The Morgan fingerprint density at radius 3 is 2.72 bits per heavy atom. The molecule has 0 saturated heterocycles. The van der Waals surface area contributed by atoms with Gasteiger partial charge in [-0.1, -0.05) is 12.1 Å². The predicted octanol–water partition coefficient (Wildman–Crippen LogP) is 2.47. The van der Waals surface area contributed by atoms with Crippen molar-refractivity contribution in [1.82, 2.24) is 15.1 Å². The zero-order chi connectivity index (χ0) is 13.1. The maximum Gasteiger partial charge on any atom is 0.144 e. The lowest BCUT2D eigenvalue weighted by Crippen LogP contribution is -2.13. The lowest BCUT2D eigenvalue weighted by atomic mass is 10.1. The van der Waals surface area contributed by atoms with Crippen LogP contribution < -0.4 is 10.1 Å². The molecule has 1 N–H and O–H groups in total. The van der Waals surface area contributed by atoms with Crippen molar-refractivity contribution in [2.24, 2.45) is 0 Å². The highest BCUT2D eigenvalue weighted by Gasteiger charge is 2.14. The first-order valence-corrected chi connectivity index (χ1v) is 6.04. The van der Waals surface area contributed by atoms with Gasteiger partial charge < -0.3 is 10.1 Å². The fraction of sp³-hybridized carbons (Fsp3) is 0.357. The summed E-state index contributed by atoms with van der Waals surface area (Å²) < 4.78 is 7.29. The minimum atomic E-state index is 0.286. The summed E-state index contributed by atoms with van der Waals surface area (Å²) in [7, 11) is 3.62. The number of para-hydroxylation sites is 2. The molecular formula is C14H19N3O. The van der Waals surface area contributed by atoms with Gasteiger partial charge in [-0.15, -0.1) is 0 Å². The molecule has 0 spiro atoms. The number of rotatable bonds is 4. The maximum absolute atomic E-state index is 5.37. The number of nitrogens with zero attached hydrogens (tertiary/aromatic N) is 2. The fourth-order valence-corrected chi connectivity index (χ4v) is 2.05. The van der Waals surface area contributed by atoms with Crippen LogP contribution in [0.15, 0.2) is 30.5 Å². The molecule has 0 aliphatic heterocycles. The van der Waals surface area contributed by atoms with E-state index in [1.807, 2.05) is 42.2 Å². The van der Waals surface area contributed by atoms with Gasteiger partial charge in [-0.25, -0.2) is 4.68 Å². The maximum atomic E-state index is 5.37. The van der Waals surface area contributed by atoms with Crippen LogP contribution in [0.1, 0.15) is 24.2 Å². The summed E-state index contributed by atoms with van der Waals surface area (Å²) in [6.07, 6.45) is 1.91. The zero-order valence-electron chi connectivity index (χ0n) is 11.3. The van der Waals surface area contributed by atoms with Crippen molar-refractivity contribution in [2.45, 2.75) is 19.9 Å². The molecule has 4 heteroatoms. The van der Waals surface area contributed by atoms with Gasteiger partial charge in [0.25, 0.3) is 0 Å². The minimum Gasteiger partial charge on any atom is -0.494 e. The lowest BCUT2D eigenvalue weighted by Gasteiger charge is -2.12. The summed E-state index contributed by atoms with van der Waals surface area (Å²) in [5.41, 5.74) is 3.29. The topological polar surface area (TPSA) is 39.1 Å². The van der Waals surface area contributed by atoms with Gasteiger partial charge >= 0.3 is 0 Å². The molecular weight excluding hydrogens is 226 g/mol. The second-order valence-electron chi connectivity index (χ2n) is 4.28. The molecule has 1 aromatic heterocycles.